The summed E-state index contributed by atoms with van der Waals surface area (Å²) in [5, 5.41) is 4.68. The lowest BCUT2D eigenvalue weighted by molar-refractivity contribution is 0.567. The van der Waals surface area contributed by atoms with Gasteiger partial charge in [-0.3, -0.25) is 4.68 Å². The van der Waals surface area contributed by atoms with Crippen molar-refractivity contribution in [3.8, 4) is 0 Å². The Bertz CT molecular complexity index is 324. The number of hydrogen-bond acceptors (Lipinski definition) is 1. The first-order valence-electron chi connectivity index (χ1n) is 5.07. The number of aromatic nitrogens is 2. The molecule has 1 aromatic heterocycles. The quantitative estimate of drug-likeness (QED) is 0.756. The Hall–Kier alpha value is -0.0200. The fourth-order valence-corrected chi connectivity index (χ4v) is 3.17. The summed E-state index contributed by atoms with van der Waals surface area (Å²) in [5.41, 5.74) is 1.33. The number of halogens is 2. The molecule has 0 radical (unpaired) electrons. The zero-order valence-electron chi connectivity index (χ0n) is 8.21. The summed E-state index contributed by atoms with van der Waals surface area (Å²) in [6, 6.07) is 0. The van der Waals surface area contributed by atoms with Crippen molar-refractivity contribution in [1.82, 2.24) is 9.78 Å². The van der Waals surface area contributed by atoms with Gasteiger partial charge in [-0.2, -0.15) is 5.10 Å². The van der Waals surface area contributed by atoms with Crippen LogP contribution in [0.3, 0.4) is 0 Å². The molecule has 1 fully saturated rings. The van der Waals surface area contributed by atoms with Crippen molar-refractivity contribution in [3.05, 3.63) is 16.4 Å². The van der Waals surface area contributed by atoms with Crippen LogP contribution in [0, 0.1) is 0 Å². The van der Waals surface area contributed by atoms with Crippen LogP contribution in [0.1, 0.15) is 37.8 Å². The van der Waals surface area contributed by atoms with E-state index in [1.807, 2.05) is 6.20 Å². The fraction of sp³-hybridized carbons (Fsp3) is 0.700. The zero-order valence-corrected chi connectivity index (χ0v) is 10.6. The minimum absolute atomic E-state index is 0.354. The summed E-state index contributed by atoms with van der Waals surface area (Å²) >= 11 is 9.69. The number of hydrogen-bond donors (Lipinski definition) is 0. The van der Waals surface area contributed by atoms with Crippen LogP contribution < -0.4 is 0 Å². The van der Waals surface area contributed by atoms with Crippen molar-refractivity contribution in [1.29, 1.82) is 0 Å². The summed E-state index contributed by atoms with van der Waals surface area (Å²) in [7, 11) is 0. The van der Waals surface area contributed by atoms with Gasteiger partial charge in [0.25, 0.3) is 0 Å². The second kappa shape index (κ2) is 4.23. The second-order valence-electron chi connectivity index (χ2n) is 3.80. The number of nitrogens with zero attached hydrogens (tertiary/aromatic N) is 2. The first-order valence-corrected chi connectivity index (χ1v) is 6.30. The first kappa shape index (κ1) is 10.5. The Kier molecular flexibility index (Phi) is 3.17. The molecule has 2 rings (SSSR count). The van der Waals surface area contributed by atoms with Crippen molar-refractivity contribution in [2.24, 2.45) is 0 Å². The van der Waals surface area contributed by atoms with Crippen LogP contribution in [0.4, 0.5) is 0 Å². The van der Waals surface area contributed by atoms with Crippen LogP contribution in [-0.4, -0.2) is 15.2 Å². The normalized spacial score (nSPS) is 27.1. The van der Waals surface area contributed by atoms with E-state index in [1.165, 1.54) is 12.1 Å². The number of aryl methyl sites for hydroxylation is 1. The highest BCUT2D eigenvalue weighted by atomic mass is 79.9. The van der Waals surface area contributed by atoms with Crippen LogP contribution in [0.2, 0.25) is 0 Å². The predicted octanol–water partition coefficient (Wildman–Crippen LogP) is 3.54. The molecule has 4 heteroatoms. The third-order valence-electron chi connectivity index (χ3n) is 2.89. The molecule has 78 valence electrons. The van der Waals surface area contributed by atoms with Crippen LogP contribution >= 0.6 is 27.5 Å². The molecule has 0 N–H and O–H groups in total. The summed E-state index contributed by atoms with van der Waals surface area (Å²) in [5.74, 6) is 0.592. The Morgan fingerprint density at radius 3 is 3.00 bits per heavy atom. The van der Waals surface area contributed by atoms with Gasteiger partial charge in [-0.25, -0.2) is 0 Å². The number of rotatable bonds is 2. The smallest absolute Gasteiger partial charge is 0.0635 e. The topological polar surface area (TPSA) is 17.8 Å². The molecule has 1 aliphatic rings. The highest BCUT2D eigenvalue weighted by molar-refractivity contribution is 9.10. The molecule has 0 aliphatic heterocycles. The van der Waals surface area contributed by atoms with Crippen molar-refractivity contribution in [3.63, 3.8) is 0 Å². The first-order chi connectivity index (χ1) is 6.72. The van der Waals surface area contributed by atoms with E-state index in [2.05, 4.69) is 32.6 Å². The van der Waals surface area contributed by atoms with E-state index in [9.17, 15) is 0 Å². The molecule has 0 saturated heterocycles. The van der Waals surface area contributed by atoms with Crippen molar-refractivity contribution < 1.29 is 0 Å². The van der Waals surface area contributed by atoms with Gasteiger partial charge in [-0.15, -0.1) is 11.6 Å². The summed E-state index contributed by atoms with van der Waals surface area (Å²) in [4.78, 5) is 0. The van der Waals surface area contributed by atoms with Gasteiger partial charge >= 0.3 is 0 Å². The van der Waals surface area contributed by atoms with E-state index in [-0.39, 0.29) is 0 Å². The molecule has 0 aromatic carbocycles. The largest absolute Gasteiger partial charge is 0.268 e. The Morgan fingerprint density at radius 1 is 1.64 bits per heavy atom. The lowest BCUT2D eigenvalue weighted by atomic mass is 10.0. The molecule has 14 heavy (non-hydrogen) atoms. The van der Waals surface area contributed by atoms with Crippen molar-refractivity contribution in [2.45, 2.75) is 44.0 Å². The Balaban J connectivity index is 2.26. The molecule has 1 aliphatic carbocycles. The van der Waals surface area contributed by atoms with Crippen LogP contribution in [0.25, 0.3) is 0 Å². The molecule has 1 aromatic rings. The minimum Gasteiger partial charge on any atom is -0.268 e. The molecule has 2 unspecified atom stereocenters. The molecular weight excluding hydrogens is 263 g/mol. The van der Waals surface area contributed by atoms with E-state index >= 15 is 0 Å². The molecule has 2 nitrogen and oxygen atoms in total. The lowest BCUT2D eigenvalue weighted by Crippen LogP contribution is -2.06. The van der Waals surface area contributed by atoms with E-state index in [1.54, 1.807) is 0 Å². The van der Waals surface area contributed by atoms with Crippen LogP contribution in [0.5, 0.6) is 0 Å². The average Bonchev–Trinajstić information content (AvgIpc) is 2.71. The SMILES string of the molecule is CCn1ncc(Br)c1C1CCC(Cl)C1. The van der Waals surface area contributed by atoms with Gasteiger partial charge in [0.05, 0.1) is 16.4 Å². The van der Waals surface area contributed by atoms with Gasteiger partial charge in [-0.05, 0) is 42.1 Å². The van der Waals surface area contributed by atoms with Gasteiger partial charge in [0, 0.05) is 17.8 Å². The highest BCUT2D eigenvalue weighted by Crippen LogP contribution is 2.39. The molecule has 0 bridgehead atoms. The zero-order chi connectivity index (χ0) is 10.1. The Morgan fingerprint density at radius 2 is 2.43 bits per heavy atom. The predicted molar refractivity (Wildman–Crippen MR) is 61.8 cm³/mol. The summed E-state index contributed by atoms with van der Waals surface area (Å²) in [6.07, 6.45) is 5.30. The minimum atomic E-state index is 0.354. The van der Waals surface area contributed by atoms with Crippen molar-refractivity contribution in [2.75, 3.05) is 0 Å². The lowest BCUT2D eigenvalue weighted by Gasteiger charge is -2.12. The van der Waals surface area contributed by atoms with Gasteiger partial charge in [0.15, 0.2) is 0 Å². The van der Waals surface area contributed by atoms with Gasteiger partial charge in [0.2, 0.25) is 0 Å². The molecule has 2 atom stereocenters. The van der Waals surface area contributed by atoms with Crippen molar-refractivity contribution >= 4 is 27.5 Å². The molecule has 1 saturated carbocycles. The maximum atomic E-state index is 6.13. The van der Waals surface area contributed by atoms with Gasteiger partial charge in [0.1, 0.15) is 0 Å². The van der Waals surface area contributed by atoms with E-state index in [0.717, 1.165) is 23.9 Å². The third kappa shape index (κ3) is 1.84. The van der Waals surface area contributed by atoms with E-state index in [4.69, 9.17) is 11.6 Å². The second-order valence-corrected chi connectivity index (χ2v) is 5.27. The van der Waals surface area contributed by atoms with E-state index in [0.29, 0.717) is 11.3 Å². The summed E-state index contributed by atoms with van der Waals surface area (Å²) < 4.78 is 3.21. The standard InChI is InChI=1S/C10H14BrClN2/c1-2-14-10(9(11)6-13-14)7-3-4-8(12)5-7/h6-8H,2-5H2,1H3. The number of alkyl halides is 1. The van der Waals surface area contributed by atoms with Crippen LogP contribution in [-0.2, 0) is 6.54 Å². The molecule has 0 amide bonds. The summed E-state index contributed by atoms with van der Waals surface area (Å²) in [6.45, 7) is 3.06. The van der Waals surface area contributed by atoms with Gasteiger partial charge < -0.3 is 0 Å². The maximum absolute atomic E-state index is 6.13. The monoisotopic (exact) mass is 276 g/mol. The maximum Gasteiger partial charge on any atom is 0.0635 e. The molecule has 1 heterocycles. The average molecular weight is 278 g/mol. The van der Waals surface area contributed by atoms with Gasteiger partial charge in [-0.1, -0.05) is 0 Å². The third-order valence-corrected chi connectivity index (χ3v) is 3.90. The van der Waals surface area contributed by atoms with E-state index < -0.39 is 0 Å². The molecule has 0 spiro atoms. The van der Waals surface area contributed by atoms with Crippen LogP contribution in [0.15, 0.2) is 10.7 Å². The fourth-order valence-electron chi connectivity index (χ4n) is 2.20. The highest BCUT2D eigenvalue weighted by Gasteiger charge is 2.28. The molecular formula is C10H14BrClN2. The Labute approximate surface area is 97.8 Å².